The summed E-state index contributed by atoms with van der Waals surface area (Å²) in [5, 5.41) is 12.4. The molecule has 2 rings (SSSR count). The summed E-state index contributed by atoms with van der Waals surface area (Å²) >= 11 is 2.25. The van der Waals surface area contributed by atoms with Gasteiger partial charge in [-0.1, -0.05) is 6.07 Å². The molecule has 0 bridgehead atoms. The topological polar surface area (TPSA) is 32.3 Å². The highest BCUT2D eigenvalue weighted by Crippen LogP contribution is 2.34. The van der Waals surface area contributed by atoms with Gasteiger partial charge in [0.1, 0.15) is 5.75 Å². The smallest absolute Gasteiger partial charge is 0.132 e. The van der Waals surface area contributed by atoms with Gasteiger partial charge in [-0.15, -0.1) is 0 Å². The number of halogens is 1. The van der Waals surface area contributed by atoms with Gasteiger partial charge in [-0.25, -0.2) is 0 Å². The Balaban J connectivity index is 0.000000337. The molecule has 0 aliphatic heterocycles. The summed E-state index contributed by atoms with van der Waals surface area (Å²) in [4.78, 5) is 0. The van der Waals surface area contributed by atoms with Gasteiger partial charge in [-0.2, -0.15) is 0 Å². The summed E-state index contributed by atoms with van der Waals surface area (Å²) in [5.74, 6) is 0.483. The van der Waals surface area contributed by atoms with Crippen LogP contribution in [0.1, 0.15) is 23.1 Å². The molecule has 0 aromatic heterocycles. The summed E-state index contributed by atoms with van der Waals surface area (Å²) in [6, 6.07) is 2.12. The third-order valence-electron chi connectivity index (χ3n) is 2.50. The number of benzene rings is 1. The molecule has 0 amide bonds. The van der Waals surface area contributed by atoms with Gasteiger partial charge in [0.15, 0.2) is 0 Å². The molecule has 0 radical (unpaired) electrons. The summed E-state index contributed by atoms with van der Waals surface area (Å²) in [5.41, 5.74) is 3.83. The van der Waals surface area contributed by atoms with E-state index in [-0.39, 0.29) is 0 Å². The van der Waals surface area contributed by atoms with E-state index in [2.05, 4.69) is 34.0 Å². The summed E-state index contributed by atoms with van der Waals surface area (Å²) in [6.07, 6.45) is 3.57. The van der Waals surface area contributed by atoms with Crippen molar-refractivity contribution in [2.75, 3.05) is 14.1 Å². The van der Waals surface area contributed by atoms with Crippen LogP contribution in [0.2, 0.25) is 0 Å². The Morgan fingerprint density at radius 1 is 1.33 bits per heavy atom. The molecule has 0 atom stereocenters. The fraction of sp³-hybridized carbons (Fsp3) is 0.500. The third-order valence-corrected chi connectivity index (χ3v) is 3.66. The average molecular weight is 319 g/mol. The van der Waals surface area contributed by atoms with Crippen molar-refractivity contribution in [3.63, 3.8) is 0 Å². The van der Waals surface area contributed by atoms with E-state index in [1.54, 1.807) is 0 Å². The van der Waals surface area contributed by atoms with Crippen molar-refractivity contribution in [2.45, 2.75) is 26.2 Å². The summed E-state index contributed by atoms with van der Waals surface area (Å²) in [6.45, 7) is 1.97. The van der Waals surface area contributed by atoms with E-state index < -0.39 is 0 Å². The number of nitrogens with one attached hydrogen (secondary N) is 1. The van der Waals surface area contributed by atoms with E-state index >= 15 is 0 Å². The number of aryl methyl sites for hydroxylation is 2. The summed E-state index contributed by atoms with van der Waals surface area (Å²) in [7, 11) is 3.75. The van der Waals surface area contributed by atoms with Crippen molar-refractivity contribution < 1.29 is 5.11 Å². The van der Waals surface area contributed by atoms with Crippen LogP contribution in [0, 0.1) is 10.5 Å². The van der Waals surface area contributed by atoms with Gasteiger partial charge in [0.25, 0.3) is 0 Å². The number of phenolic OH excluding ortho intramolecular Hbond substituents is 1. The maximum atomic E-state index is 9.66. The molecule has 15 heavy (non-hydrogen) atoms. The average Bonchev–Trinajstić information content (AvgIpc) is 2.63. The maximum absolute atomic E-state index is 9.66. The highest BCUT2D eigenvalue weighted by Gasteiger charge is 2.17. The van der Waals surface area contributed by atoms with Crippen LogP contribution >= 0.6 is 22.6 Å². The molecular formula is C12H18INO. The van der Waals surface area contributed by atoms with Crippen molar-refractivity contribution in [2.24, 2.45) is 0 Å². The van der Waals surface area contributed by atoms with E-state index in [0.717, 1.165) is 15.6 Å². The molecule has 1 aromatic rings. The lowest BCUT2D eigenvalue weighted by atomic mass is 10.1. The number of rotatable bonds is 0. The third kappa shape index (κ3) is 2.84. The molecule has 2 nitrogen and oxygen atoms in total. The van der Waals surface area contributed by atoms with Gasteiger partial charge < -0.3 is 10.4 Å². The summed E-state index contributed by atoms with van der Waals surface area (Å²) < 4.78 is 1.07. The van der Waals surface area contributed by atoms with Crippen molar-refractivity contribution in [1.29, 1.82) is 0 Å². The van der Waals surface area contributed by atoms with Gasteiger partial charge in [-0.3, -0.25) is 0 Å². The van der Waals surface area contributed by atoms with Crippen LogP contribution in [0.5, 0.6) is 5.75 Å². The molecule has 0 unspecified atom stereocenters. The highest BCUT2D eigenvalue weighted by atomic mass is 127. The van der Waals surface area contributed by atoms with Gasteiger partial charge >= 0.3 is 0 Å². The van der Waals surface area contributed by atoms with Gasteiger partial charge in [0, 0.05) is 0 Å². The van der Waals surface area contributed by atoms with Gasteiger partial charge in [0.05, 0.1) is 3.57 Å². The van der Waals surface area contributed by atoms with Crippen LogP contribution in [-0.2, 0) is 12.8 Å². The second-order valence-corrected chi connectivity index (χ2v) is 4.93. The molecule has 2 N–H and O–H groups in total. The van der Waals surface area contributed by atoms with Gasteiger partial charge in [-0.05, 0) is 79.6 Å². The van der Waals surface area contributed by atoms with Crippen LogP contribution in [0.25, 0.3) is 0 Å². The normalized spacial score (nSPS) is 13.1. The van der Waals surface area contributed by atoms with Crippen molar-refractivity contribution in [3.8, 4) is 5.75 Å². The van der Waals surface area contributed by atoms with E-state index in [9.17, 15) is 5.11 Å². The monoisotopic (exact) mass is 319 g/mol. The van der Waals surface area contributed by atoms with Crippen LogP contribution < -0.4 is 5.32 Å². The minimum absolute atomic E-state index is 0.483. The van der Waals surface area contributed by atoms with Crippen LogP contribution in [0.4, 0.5) is 0 Å². The molecule has 84 valence electrons. The standard InChI is InChI=1S/C10H11IO.C2H7N/c1-6-5-7-3-2-4-8(7)9(11)10(6)12;1-3-2/h5,12H,2-4H2,1H3;3H,1-2H3. The maximum Gasteiger partial charge on any atom is 0.132 e. The molecule has 3 heteroatoms. The van der Waals surface area contributed by atoms with Crippen molar-refractivity contribution in [3.05, 3.63) is 26.3 Å². The van der Waals surface area contributed by atoms with E-state index in [1.807, 2.05) is 21.0 Å². The number of hydrogen-bond acceptors (Lipinski definition) is 2. The molecule has 0 spiro atoms. The van der Waals surface area contributed by atoms with Crippen molar-refractivity contribution >= 4 is 22.6 Å². The molecule has 1 aliphatic rings. The fourth-order valence-corrected chi connectivity index (χ4v) is 2.86. The van der Waals surface area contributed by atoms with E-state index in [0.29, 0.717) is 5.75 Å². The van der Waals surface area contributed by atoms with E-state index in [4.69, 9.17) is 0 Å². The molecule has 0 heterocycles. The molecular weight excluding hydrogens is 301 g/mol. The van der Waals surface area contributed by atoms with Gasteiger partial charge in [0.2, 0.25) is 0 Å². The predicted octanol–water partition coefficient (Wildman–Crippen LogP) is 2.63. The Kier molecular flexibility index (Phi) is 4.86. The SMILES string of the molecule is CNC.Cc1cc2c(c(I)c1O)CCC2. The quantitative estimate of drug-likeness (QED) is 0.721. The lowest BCUT2D eigenvalue weighted by Crippen LogP contribution is -1.90. The zero-order chi connectivity index (χ0) is 11.4. The Morgan fingerprint density at radius 3 is 2.53 bits per heavy atom. The zero-order valence-corrected chi connectivity index (χ0v) is 11.7. The minimum atomic E-state index is 0.483. The van der Waals surface area contributed by atoms with Crippen LogP contribution in [0.15, 0.2) is 6.07 Å². The van der Waals surface area contributed by atoms with E-state index in [1.165, 1.54) is 24.0 Å². The molecule has 0 saturated carbocycles. The zero-order valence-electron chi connectivity index (χ0n) is 9.52. The lowest BCUT2D eigenvalue weighted by Gasteiger charge is -2.07. The first-order valence-electron chi connectivity index (χ1n) is 5.20. The number of hydrogen-bond donors (Lipinski definition) is 2. The number of fused-ring (bicyclic) bond motifs is 1. The Hall–Kier alpha value is -0.290. The Morgan fingerprint density at radius 2 is 1.93 bits per heavy atom. The lowest BCUT2D eigenvalue weighted by molar-refractivity contribution is 0.466. The first-order chi connectivity index (χ1) is 7.11. The second kappa shape index (κ2) is 5.70. The molecule has 0 saturated heterocycles. The second-order valence-electron chi connectivity index (χ2n) is 3.85. The molecule has 0 fully saturated rings. The minimum Gasteiger partial charge on any atom is -0.507 e. The predicted molar refractivity (Wildman–Crippen MR) is 72.6 cm³/mol. The van der Waals surface area contributed by atoms with Crippen LogP contribution in [0.3, 0.4) is 0 Å². The number of phenols is 1. The Bertz CT molecular complexity index is 350. The molecule has 1 aliphatic carbocycles. The van der Waals surface area contributed by atoms with Crippen molar-refractivity contribution in [1.82, 2.24) is 5.32 Å². The first-order valence-corrected chi connectivity index (χ1v) is 6.28. The molecule has 1 aromatic carbocycles. The first kappa shape index (κ1) is 12.8. The van der Waals surface area contributed by atoms with Crippen LogP contribution in [-0.4, -0.2) is 19.2 Å². The fourth-order valence-electron chi connectivity index (χ4n) is 1.82. The largest absolute Gasteiger partial charge is 0.507 e. The Labute approximate surface area is 105 Å². The number of aromatic hydroxyl groups is 1. The highest BCUT2D eigenvalue weighted by molar-refractivity contribution is 14.1.